The van der Waals surface area contributed by atoms with Gasteiger partial charge in [0.05, 0.1) is 0 Å². The number of hydrogen-bond donors (Lipinski definition) is 2. The van der Waals surface area contributed by atoms with Gasteiger partial charge in [-0.05, 0) is 18.6 Å². The van der Waals surface area contributed by atoms with E-state index < -0.39 is 24.6 Å². The molecule has 0 aliphatic rings. The Hall–Kier alpha value is -1.63. The van der Waals surface area contributed by atoms with Crippen LogP contribution >= 0.6 is 0 Å². The fourth-order valence-electron chi connectivity index (χ4n) is 1.07. The molecule has 0 radical (unpaired) electrons. The van der Waals surface area contributed by atoms with E-state index in [1.54, 1.807) is 12.1 Å². The number of aliphatic hydroxyl groups is 1. The third-order valence-corrected chi connectivity index (χ3v) is 1.98. The van der Waals surface area contributed by atoms with Gasteiger partial charge in [0.25, 0.3) is 5.91 Å². The largest absolute Gasteiger partial charge is 0.414 e. The van der Waals surface area contributed by atoms with E-state index in [4.69, 9.17) is 5.11 Å². The van der Waals surface area contributed by atoms with Gasteiger partial charge in [0, 0.05) is 12.7 Å². The summed E-state index contributed by atoms with van der Waals surface area (Å²) in [7, 11) is 0. The van der Waals surface area contributed by atoms with E-state index in [2.05, 4.69) is 10.3 Å². The molecule has 1 amide bonds. The SMILES string of the molecule is O=C(NCCC(O)C(F)(F)F)c1ccccn1. The summed E-state index contributed by atoms with van der Waals surface area (Å²) < 4.78 is 35.8. The Morgan fingerprint density at radius 2 is 2.18 bits per heavy atom. The zero-order chi connectivity index (χ0) is 12.9. The van der Waals surface area contributed by atoms with Crippen LogP contribution in [0.15, 0.2) is 24.4 Å². The first-order valence-electron chi connectivity index (χ1n) is 4.85. The van der Waals surface area contributed by atoms with Gasteiger partial charge in [-0.1, -0.05) is 6.07 Å². The minimum absolute atomic E-state index is 0.119. The molecular weight excluding hydrogens is 237 g/mol. The Kier molecular flexibility index (Phi) is 4.45. The number of pyridine rings is 1. The van der Waals surface area contributed by atoms with Gasteiger partial charge in [0.1, 0.15) is 5.69 Å². The highest BCUT2D eigenvalue weighted by atomic mass is 19.4. The van der Waals surface area contributed by atoms with Crippen molar-refractivity contribution in [1.82, 2.24) is 10.3 Å². The van der Waals surface area contributed by atoms with E-state index >= 15 is 0 Å². The Labute approximate surface area is 95.5 Å². The summed E-state index contributed by atoms with van der Waals surface area (Å²) in [4.78, 5) is 15.1. The lowest BCUT2D eigenvalue weighted by molar-refractivity contribution is -0.204. The van der Waals surface area contributed by atoms with Gasteiger partial charge in [-0.25, -0.2) is 0 Å². The van der Waals surface area contributed by atoms with E-state index in [-0.39, 0.29) is 12.2 Å². The number of halogens is 3. The van der Waals surface area contributed by atoms with Crippen molar-refractivity contribution in [1.29, 1.82) is 0 Å². The average molecular weight is 248 g/mol. The topological polar surface area (TPSA) is 62.2 Å². The maximum absolute atomic E-state index is 11.9. The maximum atomic E-state index is 11.9. The van der Waals surface area contributed by atoms with Crippen molar-refractivity contribution >= 4 is 5.91 Å². The zero-order valence-electron chi connectivity index (χ0n) is 8.74. The molecule has 1 aromatic heterocycles. The summed E-state index contributed by atoms with van der Waals surface area (Å²) in [5.74, 6) is -0.569. The number of rotatable bonds is 4. The second-order valence-electron chi connectivity index (χ2n) is 3.32. The summed E-state index contributed by atoms with van der Waals surface area (Å²) in [6, 6.07) is 4.65. The van der Waals surface area contributed by atoms with Crippen LogP contribution in [-0.2, 0) is 0 Å². The van der Waals surface area contributed by atoms with Crippen molar-refractivity contribution in [3.8, 4) is 0 Å². The van der Waals surface area contributed by atoms with Crippen LogP contribution < -0.4 is 5.32 Å². The average Bonchev–Trinajstić information content (AvgIpc) is 2.28. The molecule has 7 heteroatoms. The molecule has 0 saturated heterocycles. The zero-order valence-corrected chi connectivity index (χ0v) is 8.74. The number of aliphatic hydroxyl groups excluding tert-OH is 1. The summed E-state index contributed by atoms with van der Waals surface area (Å²) in [6.45, 7) is -0.268. The van der Waals surface area contributed by atoms with Crippen molar-refractivity contribution < 1.29 is 23.1 Å². The lowest BCUT2D eigenvalue weighted by atomic mass is 10.2. The number of carbonyl (C=O) groups excluding carboxylic acids is 1. The number of carbonyl (C=O) groups is 1. The predicted molar refractivity (Wildman–Crippen MR) is 53.2 cm³/mol. The number of aromatic nitrogens is 1. The molecule has 1 unspecified atom stereocenters. The van der Waals surface area contributed by atoms with Gasteiger partial charge in [-0.15, -0.1) is 0 Å². The van der Waals surface area contributed by atoms with E-state index in [0.717, 1.165) is 0 Å². The number of nitrogens with zero attached hydrogens (tertiary/aromatic N) is 1. The van der Waals surface area contributed by atoms with Gasteiger partial charge in [-0.2, -0.15) is 13.2 Å². The van der Waals surface area contributed by atoms with Crippen molar-refractivity contribution in [3.05, 3.63) is 30.1 Å². The van der Waals surface area contributed by atoms with Gasteiger partial charge in [-0.3, -0.25) is 9.78 Å². The normalized spacial score (nSPS) is 13.2. The highest BCUT2D eigenvalue weighted by Crippen LogP contribution is 2.21. The standard InChI is InChI=1S/C10H11F3N2O2/c11-10(12,13)8(16)4-6-15-9(17)7-3-1-2-5-14-7/h1-3,5,8,16H,4,6H2,(H,15,17). The molecule has 0 spiro atoms. The fourth-order valence-corrected chi connectivity index (χ4v) is 1.07. The highest BCUT2D eigenvalue weighted by Gasteiger charge is 2.37. The van der Waals surface area contributed by atoms with E-state index in [9.17, 15) is 18.0 Å². The molecule has 2 N–H and O–H groups in total. The molecule has 17 heavy (non-hydrogen) atoms. The van der Waals surface area contributed by atoms with Crippen molar-refractivity contribution in [2.45, 2.75) is 18.7 Å². The molecule has 0 saturated carbocycles. The number of nitrogens with one attached hydrogen (secondary N) is 1. The quantitative estimate of drug-likeness (QED) is 0.839. The van der Waals surface area contributed by atoms with Crippen LogP contribution in [0.25, 0.3) is 0 Å². The van der Waals surface area contributed by atoms with Crippen molar-refractivity contribution in [3.63, 3.8) is 0 Å². The first-order chi connectivity index (χ1) is 7.91. The van der Waals surface area contributed by atoms with Crippen LogP contribution in [0.5, 0.6) is 0 Å². The number of amides is 1. The van der Waals surface area contributed by atoms with Crippen LogP contribution in [0, 0.1) is 0 Å². The Balaban J connectivity index is 2.35. The van der Waals surface area contributed by atoms with E-state index in [0.29, 0.717) is 0 Å². The van der Waals surface area contributed by atoms with Gasteiger partial charge in [0.2, 0.25) is 0 Å². The van der Waals surface area contributed by atoms with Crippen LogP contribution in [0.1, 0.15) is 16.9 Å². The molecule has 1 heterocycles. The molecule has 0 aliphatic heterocycles. The number of hydrogen-bond acceptors (Lipinski definition) is 3. The fraction of sp³-hybridized carbons (Fsp3) is 0.400. The molecule has 4 nitrogen and oxygen atoms in total. The second kappa shape index (κ2) is 5.62. The van der Waals surface area contributed by atoms with Crippen molar-refractivity contribution in [2.75, 3.05) is 6.54 Å². The molecule has 1 aromatic rings. The van der Waals surface area contributed by atoms with Crippen LogP contribution in [0.2, 0.25) is 0 Å². The number of alkyl halides is 3. The smallest absolute Gasteiger partial charge is 0.384 e. The molecule has 0 aliphatic carbocycles. The van der Waals surface area contributed by atoms with Crippen LogP contribution in [0.3, 0.4) is 0 Å². The lowest BCUT2D eigenvalue weighted by Gasteiger charge is -2.14. The third-order valence-electron chi connectivity index (χ3n) is 1.98. The summed E-state index contributed by atoms with van der Waals surface area (Å²) in [6.07, 6.45) is -6.26. The van der Waals surface area contributed by atoms with Crippen LogP contribution in [0.4, 0.5) is 13.2 Å². The predicted octanol–water partition coefficient (Wildman–Crippen LogP) is 1.12. The molecule has 94 valence electrons. The molecular formula is C10H11F3N2O2. The minimum Gasteiger partial charge on any atom is -0.384 e. The summed E-state index contributed by atoms with van der Waals surface area (Å²) >= 11 is 0. The second-order valence-corrected chi connectivity index (χ2v) is 3.32. The molecule has 0 aromatic carbocycles. The molecule has 0 fully saturated rings. The Bertz CT molecular complexity index is 368. The van der Waals surface area contributed by atoms with Crippen LogP contribution in [-0.4, -0.2) is 34.8 Å². The maximum Gasteiger partial charge on any atom is 0.414 e. The van der Waals surface area contributed by atoms with Gasteiger partial charge in [0.15, 0.2) is 6.10 Å². The Morgan fingerprint density at radius 3 is 2.71 bits per heavy atom. The van der Waals surface area contributed by atoms with E-state index in [1.165, 1.54) is 12.3 Å². The minimum atomic E-state index is -4.66. The highest BCUT2D eigenvalue weighted by molar-refractivity contribution is 5.92. The molecule has 0 bridgehead atoms. The van der Waals surface area contributed by atoms with E-state index in [1.807, 2.05) is 0 Å². The first-order valence-corrected chi connectivity index (χ1v) is 4.85. The lowest BCUT2D eigenvalue weighted by Crippen LogP contribution is -2.34. The van der Waals surface area contributed by atoms with Gasteiger partial charge >= 0.3 is 6.18 Å². The Morgan fingerprint density at radius 1 is 1.47 bits per heavy atom. The molecule has 1 rings (SSSR count). The summed E-state index contributed by atoms with van der Waals surface area (Å²) in [5, 5.41) is 10.9. The van der Waals surface area contributed by atoms with Gasteiger partial charge < -0.3 is 10.4 Å². The van der Waals surface area contributed by atoms with Crippen molar-refractivity contribution in [2.24, 2.45) is 0 Å². The third kappa shape index (κ3) is 4.39. The monoisotopic (exact) mass is 248 g/mol. The first kappa shape index (κ1) is 13.4. The molecule has 1 atom stereocenters. The summed E-state index contributed by atoms with van der Waals surface area (Å²) in [5.41, 5.74) is 0.119.